The Balaban J connectivity index is 0.000000224. The van der Waals surface area contributed by atoms with E-state index in [4.69, 9.17) is 4.98 Å². The van der Waals surface area contributed by atoms with Gasteiger partial charge in [0.2, 0.25) is 0 Å². The number of aromatic nitrogens is 2. The quantitative estimate of drug-likeness (QED) is 0.127. The van der Waals surface area contributed by atoms with Crippen LogP contribution in [0.1, 0.15) is 31.9 Å². The van der Waals surface area contributed by atoms with Gasteiger partial charge < -0.3 is 4.98 Å². The second-order valence-electron chi connectivity index (χ2n) is 14.5. The summed E-state index contributed by atoms with van der Waals surface area (Å²) in [7, 11) is 0. The van der Waals surface area contributed by atoms with Crippen molar-refractivity contribution in [2.75, 3.05) is 0 Å². The molecule has 0 amide bonds. The van der Waals surface area contributed by atoms with Gasteiger partial charge in [0.05, 0.1) is 0 Å². The molecule has 0 fully saturated rings. The first-order chi connectivity index (χ1) is 22.4. The Morgan fingerprint density at radius 1 is 0.729 bits per heavy atom. The molecule has 7 rings (SSSR count). The molecule has 0 N–H and O–H groups in total. The van der Waals surface area contributed by atoms with E-state index < -0.39 is 13.3 Å². The first kappa shape index (κ1) is 35.9. The molecule has 0 saturated heterocycles. The summed E-state index contributed by atoms with van der Waals surface area (Å²) >= 11 is 0.127. The molecule has 0 saturated carbocycles. The van der Waals surface area contributed by atoms with Gasteiger partial charge in [0.25, 0.3) is 0 Å². The van der Waals surface area contributed by atoms with Crippen molar-refractivity contribution in [1.82, 2.24) is 9.97 Å². The molecule has 0 atom stereocenters. The number of hydrogen-bond acceptors (Lipinski definition) is 3. The minimum atomic E-state index is -1.72. The van der Waals surface area contributed by atoms with Crippen molar-refractivity contribution in [3.63, 3.8) is 0 Å². The van der Waals surface area contributed by atoms with Crippen molar-refractivity contribution >= 4 is 49.2 Å². The molecule has 3 aromatic heterocycles. The summed E-state index contributed by atoms with van der Waals surface area (Å²) in [4.78, 5) is 9.24. The molecule has 0 aliphatic carbocycles. The summed E-state index contributed by atoms with van der Waals surface area (Å²) in [5.74, 6) is 7.14. The van der Waals surface area contributed by atoms with Crippen LogP contribution in [0.3, 0.4) is 0 Å². The van der Waals surface area contributed by atoms with Gasteiger partial charge in [-0.2, -0.15) is 11.3 Å². The zero-order valence-corrected chi connectivity index (χ0v) is 34.1. The number of hydrogen-bond donors (Lipinski definition) is 0. The van der Waals surface area contributed by atoms with Gasteiger partial charge in [-0.1, -0.05) is 79.7 Å². The monoisotopic (exact) mass is 885 g/mol. The Labute approximate surface area is 306 Å². The summed E-state index contributed by atoms with van der Waals surface area (Å²) in [6.07, 6.45) is 5.01. The number of benzene rings is 4. The maximum Gasteiger partial charge on any atom is 0 e. The summed E-state index contributed by atoms with van der Waals surface area (Å²) in [6.45, 7) is 8.95. The smallest absolute Gasteiger partial charge is 0 e. The van der Waals surface area contributed by atoms with Crippen LogP contribution in [0.4, 0.5) is 0 Å². The second kappa shape index (κ2) is 15.0. The molecule has 0 bridgehead atoms. The molecule has 48 heavy (non-hydrogen) atoms. The molecule has 0 aliphatic rings. The van der Waals surface area contributed by atoms with Gasteiger partial charge in [-0.25, -0.2) is 0 Å². The van der Waals surface area contributed by atoms with Gasteiger partial charge in [-0.3, -0.25) is 0 Å². The van der Waals surface area contributed by atoms with Gasteiger partial charge in [-0.15, -0.1) is 23.8 Å². The number of nitrogens with zero attached hydrogens (tertiary/aromatic N) is 2. The third-order valence-corrected chi connectivity index (χ3v) is 13.7. The number of fused-ring (bicyclic) bond motifs is 3. The van der Waals surface area contributed by atoms with Crippen molar-refractivity contribution in [1.29, 1.82) is 0 Å². The molecule has 0 unspecified atom stereocenters. The topological polar surface area (TPSA) is 25.8 Å². The van der Waals surface area contributed by atoms with Crippen molar-refractivity contribution < 1.29 is 20.1 Å². The first-order valence-corrected chi connectivity index (χ1v) is 24.4. The molecule has 5 heteroatoms. The summed E-state index contributed by atoms with van der Waals surface area (Å²) in [5.41, 5.74) is 9.57. The molecule has 2 nitrogen and oxygen atoms in total. The Bertz CT molecular complexity index is 2120. The molecule has 0 aliphatic heterocycles. The third-order valence-electron chi connectivity index (χ3n) is 8.25. The van der Waals surface area contributed by atoms with E-state index in [1.54, 1.807) is 0 Å². The van der Waals surface area contributed by atoms with E-state index in [0.717, 1.165) is 28.9 Å². The van der Waals surface area contributed by atoms with Crippen molar-refractivity contribution in [2.45, 2.75) is 51.4 Å². The summed E-state index contributed by atoms with van der Waals surface area (Å²) < 4.78 is 4.01. The van der Waals surface area contributed by atoms with Crippen LogP contribution in [-0.2, 0) is 26.5 Å². The number of aryl methyl sites for hydroxylation is 1. The second-order valence-corrected chi connectivity index (χ2v) is 26.2. The van der Waals surface area contributed by atoms with E-state index in [-0.39, 0.29) is 25.5 Å². The van der Waals surface area contributed by atoms with Crippen LogP contribution in [0.25, 0.3) is 53.8 Å². The fourth-order valence-corrected chi connectivity index (χ4v) is 9.16. The van der Waals surface area contributed by atoms with Crippen LogP contribution in [0.2, 0.25) is 17.3 Å². The van der Waals surface area contributed by atoms with Crippen molar-refractivity contribution in [3.05, 3.63) is 139 Å². The van der Waals surface area contributed by atoms with E-state index in [1.165, 1.54) is 46.8 Å². The summed E-state index contributed by atoms with van der Waals surface area (Å²) in [6, 6.07) is 43.1. The number of thiophene rings is 1. The van der Waals surface area contributed by atoms with E-state index in [9.17, 15) is 0 Å². The summed E-state index contributed by atoms with van der Waals surface area (Å²) in [5, 5.41) is 2.59. The first-order valence-electron chi connectivity index (χ1n) is 16.3. The van der Waals surface area contributed by atoms with Crippen LogP contribution < -0.4 is 4.40 Å². The number of pyridine rings is 2. The average Bonchev–Trinajstić information content (AvgIpc) is 3.43. The van der Waals surface area contributed by atoms with Crippen molar-refractivity contribution in [2.24, 2.45) is 5.41 Å². The maximum atomic E-state index is 4.71. The normalized spacial score (nSPS) is 11.6. The van der Waals surface area contributed by atoms with Crippen LogP contribution in [-0.4, -0.2) is 23.2 Å². The van der Waals surface area contributed by atoms with Gasteiger partial charge in [0.1, 0.15) is 0 Å². The van der Waals surface area contributed by atoms with Gasteiger partial charge in [0.15, 0.2) is 0 Å². The molecule has 1 radical (unpaired) electrons. The molecular weight excluding hydrogens is 841 g/mol. The van der Waals surface area contributed by atoms with Gasteiger partial charge >= 0.3 is 99.8 Å². The molecule has 245 valence electrons. The molecule has 7 aromatic rings. The third kappa shape index (κ3) is 8.59. The molecule has 4 aromatic carbocycles. The predicted molar refractivity (Wildman–Crippen MR) is 206 cm³/mol. The Morgan fingerprint density at radius 2 is 1.50 bits per heavy atom. The average molecular weight is 884 g/mol. The van der Waals surface area contributed by atoms with Crippen LogP contribution in [0, 0.1) is 24.5 Å². The Hall–Kier alpha value is -3.41. The Morgan fingerprint density at radius 3 is 2.17 bits per heavy atom. The van der Waals surface area contributed by atoms with Crippen LogP contribution in [0.15, 0.2) is 116 Å². The van der Waals surface area contributed by atoms with E-state index in [0.29, 0.717) is 0 Å². The van der Waals surface area contributed by atoms with E-state index in [1.807, 2.05) is 54.1 Å². The van der Waals surface area contributed by atoms with Gasteiger partial charge in [-0.05, 0) is 57.8 Å². The van der Waals surface area contributed by atoms with Gasteiger partial charge in [0, 0.05) is 31.0 Å². The largest absolute Gasteiger partial charge is 0 e. The predicted octanol–water partition coefficient (Wildman–Crippen LogP) is 11.6. The van der Waals surface area contributed by atoms with Crippen molar-refractivity contribution in [3.8, 4) is 33.6 Å². The fraction of sp³-hybridized carbons (Fsp3) is 0.209. The number of rotatable bonds is 5. The van der Waals surface area contributed by atoms with Crippen LogP contribution in [0.5, 0.6) is 0 Å². The standard InChI is InChI=1S/C29H26NS.C14H16GeN.Ir/c1-19-8-10-21(11-9-19)22-12-13-23-24-6-5-7-25(28(24)31-27(23)17-22)26-16-20(14-15-30-26)18-29(2,3)4;1-15(2,3)13-9-10-14(16-11-13)12-7-5-4-6-8-12;/h5-6,8-17H,18H2,1-4H3;4-7,9-11H,1-3H3;/q2*-1;. The molecule has 3 heterocycles. The molecular formula is C43H42GeIrN2S-2. The zero-order valence-electron chi connectivity index (χ0n) is 28.8. The SMILES string of the molecule is Cc1ccc(-c2ccc3c(c2)sc2c(-c4cc(CC(C)(C)C)ccn4)[c-]ccc23)cc1.[CH3][Ge]([CH3])([CH3])[c]1ccc(-c2[c-]cccc2)nc1.[Ir]. The fourth-order valence-electron chi connectivity index (χ4n) is 5.74. The van der Waals surface area contributed by atoms with Crippen LogP contribution >= 0.6 is 11.3 Å². The maximum absolute atomic E-state index is 4.71. The minimum Gasteiger partial charge on any atom is 0 e. The van der Waals surface area contributed by atoms with E-state index >= 15 is 0 Å². The Kier molecular flexibility index (Phi) is 11.2. The molecule has 0 spiro atoms. The van der Waals surface area contributed by atoms with E-state index in [2.05, 4.69) is 135 Å². The minimum absolute atomic E-state index is 0. The zero-order chi connectivity index (χ0) is 33.2.